The smallest absolute Gasteiger partial charge is 0.416 e. The van der Waals surface area contributed by atoms with Crippen molar-refractivity contribution in [1.29, 1.82) is 0 Å². The molecule has 0 spiro atoms. The predicted molar refractivity (Wildman–Crippen MR) is 141 cm³/mol. The number of barbiturate groups is 1. The lowest BCUT2D eigenvalue weighted by atomic mass is 10.1. The van der Waals surface area contributed by atoms with E-state index >= 15 is 0 Å². The van der Waals surface area contributed by atoms with Crippen LogP contribution in [0, 0.1) is 5.82 Å². The van der Waals surface area contributed by atoms with Crippen molar-refractivity contribution in [3.63, 3.8) is 0 Å². The van der Waals surface area contributed by atoms with Gasteiger partial charge in [-0.25, -0.2) is 14.1 Å². The van der Waals surface area contributed by atoms with Gasteiger partial charge in [0.15, 0.2) is 11.5 Å². The van der Waals surface area contributed by atoms with E-state index in [-0.39, 0.29) is 35.3 Å². The molecule has 1 fully saturated rings. The van der Waals surface area contributed by atoms with Gasteiger partial charge in [-0.15, -0.1) is 0 Å². The Kier molecular flexibility index (Phi) is 8.50. The fourth-order valence-corrected chi connectivity index (χ4v) is 4.54. The third-order valence-corrected chi connectivity index (χ3v) is 6.44. The van der Waals surface area contributed by atoms with Gasteiger partial charge in [0.05, 0.1) is 27.4 Å². The van der Waals surface area contributed by atoms with Gasteiger partial charge >= 0.3 is 12.2 Å². The van der Waals surface area contributed by atoms with Crippen molar-refractivity contribution in [2.24, 2.45) is 0 Å². The largest absolute Gasteiger partial charge is 0.490 e. The average Bonchev–Trinajstić information content (AvgIpc) is 2.86. The normalized spacial score (nSPS) is 14.9. The number of rotatable bonds is 7. The first kappa shape index (κ1) is 29.1. The minimum atomic E-state index is -4.77. The van der Waals surface area contributed by atoms with E-state index in [2.05, 4.69) is 15.9 Å². The van der Waals surface area contributed by atoms with Crippen LogP contribution in [-0.4, -0.2) is 24.5 Å². The molecule has 1 saturated heterocycles. The van der Waals surface area contributed by atoms with E-state index in [1.165, 1.54) is 30.3 Å². The van der Waals surface area contributed by atoms with Crippen molar-refractivity contribution >= 4 is 57.1 Å². The second-order valence-corrected chi connectivity index (χ2v) is 9.56. The molecule has 13 heteroatoms. The minimum absolute atomic E-state index is 0.00653. The van der Waals surface area contributed by atoms with Crippen molar-refractivity contribution in [2.45, 2.75) is 19.7 Å². The summed E-state index contributed by atoms with van der Waals surface area (Å²) in [4.78, 5) is 38.7. The van der Waals surface area contributed by atoms with Gasteiger partial charge in [0.1, 0.15) is 18.0 Å². The highest BCUT2D eigenvalue weighted by Gasteiger charge is 2.39. The molecule has 0 aliphatic carbocycles. The third-order valence-electron chi connectivity index (χ3n) is 5.53. The molecule has 0 aromatic heterocycles. The number of nitrogens with zero attached hydrogens (tertiary/aromatic N) is 1. The topological polar surface area (TPSA) is 84.9 Å². The van der Waals surface area contributed by atoms with Crippen LogP contribution in [0.25, 0.3) is 6.08 Å². The molecule has 4 amide bonds. The Labute approximate surface area is 238 Å². The Bertz CT molecular complexity index is 1540. The SMILES string of the molecule is CCOc1cc(/C=C2/C(=O)NC(=O)N(c3cc(C(F)(F)F)ccc3Cl)C2=O)cc(Br)c1OCc1cccc(F)c1. The number of hydrogen-bond donors (Lipinski definition) is 1. The Hall–Kier alpha value is -3.90. The van der Waals surface area contributed by atoms with E-state index in [4.69, 9.17) is 21.1 Å². The van der Waals surface area contributed by atoms with Gasteiger partial charge in [-0.2, -0.15) is 13.2 Å². The predicted octanol–water partition coefficient (Wildman–Crippen LogP) is 6.90. The molecular weight excluding hydrogens is 624 g/mol. The van der Waals surface area contributed by atoms with E-state index in [0.29, 0.717) is 27.1 Å². The molecule has 0 saturated carbocycles. The van der Waals surface area contributed by atoms with Crippen LogP contribution in [-0.2, 0) is 22.4 Å². The zero-order chi connectivity index (χ0) is 29.2. The number of anilines is 1. The van der Waals surface area contributed by atoms with Crippen LogP contribution < -0.4 is 19.7 Å². The molecule has 0 atom stereocenters. The summed E-state index contributed by atoms with van der Waals surface area (Å²) in [5.74, 6) is -2.19. The van der Waals surface area contributed by atoms with Gasteiger partial charge in [0, 0.05) is 0 Å². The van der Waals surface area contributed by atoms with Crippen LogP contribution in [0.1, 0.15) is 23.6 Å². The number of alkyl halides is 3. The summed E-state index contributed by atoms with van der Waals surface area (Å²) in [6.45, 7) is 1.95. The van der Waals surface area contributed by atoms with Crippen LogP contribution in [0.2, 0.25) is 5.02 Å². The van der Waals surface area contributed by atoms with Gasteiger partial charge in [-0.1, -0.05) is 23.7 Å². The molecule has 0 bridgehead atoms. The minimum Gasteiger partial charge on any atom is -0.490 e. The maximum atomic E-state index is 13.5. The Morgan fingerprint density at radius 1 is 1.05 bits per heavy atom. The molecule has 1 aliphatic heterocycles. The van der Waals surface area contributed by atoms with E-state index in [9.17, 15) is 31.9 Å². The Balaban J connectivity index is 1.70. The van der Waals surface area contributed by atoms with Crippen molar-refractivity contribution in [3.05, 3.63) is 92.2 Å². The maximum Gasteiger partial charge on any atom is 0.416 e. The highest BCUT2D eigenvalue weighted by Crippen LogP contribution is 2.39. The lowest BCUT2D eigenvalue weighted by Gasteiger charge is -2.27. The van der Waals surface area contributed by atoms with Crippen molar-refractivity contribution < 1.29 is 41.4 Å². The first-order valence-electron chi connectivity index (χ1n) is 11.5. The lowest BCUT2D eigenvalue weighted by molar-refractivity contribution is -0.137. The molecule has 40 heavy (non-hydrogen) atoms. The first-order chi connectivity index (χ1) is 18.9. The van der Waals surface area contributed by atoms with Crippen LogP contribution in [0.5, 0.6) is 11.5 Å². The van der Waals surface area contributed by atoms with E-state index in [1.807, 2.05) is 5.32 Å². The summed E-state index contributed by atoms with van der Waals surface area (Å²) in [5, 5.41) is 1.63. The van der Waals surface area contributed by atoms with Gasteiger partial charge < -0.3 is 9.47 Å². The number of benzene rings is 3. The quantitative estimate of drug-likeness (QED) is 0.172. The summed E-state index contributed by atoms with van der Waals surface area (Å²) >= 11 is 9.39. The lowest BCUT2D eigenvalue weighted by Crippen LogP contribution is -2.54. The molecule has 7 nitrogen and oxygen atoms in total. The van der Waals surface area contributed by atoms with Crippen LogP contribution in [0.15, 0.2) is 64.6 Å². The van der Waals surface area contributed by atoms with Gasteiger partial charge in [-0.3, -0.25) is 14.9 Å². The standard InChI is InChI=1S/C27H18BrClF4N2O5/c1-2-39-22-11-15(10-19(28)23(22)40-13-14-4-3-5-17(30)8-14)9-18-24(36)34-26(38)35(25(18)37)21-12-16(27(31,32)33)6-7-20(21)29/h3-12H,2,13H2,1H3,(H,34,36,38)/b18-9-. The molecule has 3 aromatic rings. The van der Waals surface area contributed by atoms with Crippen LogP contribution >= 0.6 is 27.5 Å². The molecule has 208 valence electrons. The van der Waals surface area contributed by atoms with Gasteiger partial charge in [0.2, 0.25) is 0 Å². The third kappa shape index (κ3) is 6.28. The number of ether oxygens (including phenoxy) is 2. The number of amides is 4. The molecule has 4 rings (SSSR count). The Morgan fingerprint density at radius 2 is 1.80 bits per heavy atom. The molecule has 1 heterocycles. The van der Waals surface area contributed by atoms with E-state index in [1.54, 1.807) is 13.0 Å². The molecular formula is C27H18BrClF4N2O5. The number of imide groups is 2. The summed E-state index contributed by atoms with van der Waals surface area (Å²) in [7, 11) is 0. The number of carbonyl (C=O) groups excluding carboxylic acids is 3. The fraction of sp³-hybridized carbons (Fsp3) is 0.148. The second-order valence-electron chi connectivity index (χ2n) is 8.30. The highest BCUT2D eigenvalue weighted by molar-refractivity contribution is 9.10. The number of nitrogens with one attached hydrogen (secondary N) is 1. The number of urea groups is 1. The first-order valence-corrected chi connectivity index (χ1v) is 12.7. The highest BCUT2D eigenvalue weighted by atomic mass is 79.9. The summed E-state index contributed by atoms with van der Waals surface area (Å²) in [5.41, 5.74) is -1.42. The van der Waals surface area contributed by atoms with E-state index < -0.39 is 46.7 Å². The van der Waals surface area contributed by atoms with Crippen molar-refractivity contribution in [1.82, 2.24) is 5.32 Å². The summed E-state index contributed by atoms with van der Waals surface area (Å²) in [6, 6.07) is 9.65. The van der Waals surface area contributed by atoms with Crippen molar-refractivity contribution in [2.75, 3.05) is 11.5 Å². The molecule has 0 unspecified atom stereocenters. The van der Waals surface area contributed by atoms with Crippen molar-refractivity contribution in [3.8, 4) is 11.5 Å². The molecule has 1 N–H and O–H groups in total. The zero-order valence-electron chi connectivity index (χ0n) is 20.4. The van der Waals surface area contributed by atoms with E-state index in [0.717, 1.165) is 12.1 Å². The molecule has 0 radical (unpaired) electrons. The fourth-order valence-electron chi connectivity index (χ4n) is 3.76. The van der Waals surface area contributed by atoms with Crippen LogP contribution in [0.4, 0.5) is 28.0 Å². The summed E-state index contributed by atoms with van der Waals surface area (Å²) < 4.78 is 65.2. The number of halogens is 6. The summed E-state index contributed by atoms with van der Waals surface area (Å²) in [6.07, 6.45) is -3.63. The van der Waals surface area contributed by atoms with Gasteiger partial charge in [-0.05, 0) is 82.5 Å². The zero-order valence-corrected chi connectivity index (χ0v) is 22.8. The molecule has 1 aliphatic rings. The number of hydrogen-bond acceptors (Lipinski definition) is 5. The average molecular weight is 642 g/mol. The van der Waals surface area contributed by atoms with Crippen LogP contribution in [0.3, 0.4) is 0 Å². The maximum absolute atomic E-state index is 13.5. The second kappa shape index (κ2) is 11.7. The molecule has 3 aromatic carbocycles. The Morgan fingerprint density at radius 3 is 2.48 bits per heavy atom. The number of carbonyl (C=O) groups is 3. The van der Waals surface area contributed by atoms with Gasteiger partial charge in [0.25, 0.3) is 11.8 Å². The monoisotopic (exact) mass is 640 g/mol.